The van der Waals surface area contributed by atoms with E-state index >= 15 is 4.39 Å². The van der Waals surface area contributed by atoms with E-state index in [1.54, 1.807) is 12.3 Å². The predicted molar refractivity (Wildman–Crippen MR) is 189 cm³/mol. The highest BCUT2D eigenvalue weighted by Crippen LogP contribution is 2.41. The Hall–Kier alpha value is -4.52. The Morgan fingerprint density at radius 1 is 0.980 bits per heavy atom. The SMILES string of the molecule is COC(=O)[C@H](CCN(C(=O)COC(C)=O)[C@@H](c1cc(-c2cc(F)ccc2F)cn1Cc1ccccc1)C(C)(C)C)NC(=O)OCC[Si-](C)(C)C. The van der Waals surface area contributed by atoms with Crippen LogP contribution >= 0.6 is 0 Å². The van der Waals surface area contributed by atoms with Crippen LogP contribution in [0.15, 0.2) is 60.8 Å². The number of ether oxygens (including phenoxy) is 3. The van der Waals surface area contributed by atoms with E-state index in [2.05, 4.69) is 25.0 Å². The van der Waals surface area contributed by atoms with Crippen LogP contribution in [0, 0.1) is 17.0 Å². The molecular weight excluding hydrogens is 665 g/mol. The lowest BCUT2D eigenvalue weighted by atomic mass is 9.82. The van der Waals surface area contributed by atoms with Crippen LogP contribution in [0.3, 0.4) is 0 Å². The lowest BCUT2D eigenvalue weighted by molar-refractivity contribution is -0.153. The number of methoxy groups -OCH3 is 1. The average molecular weight is 714 g/mol. The Labute approximate surface area is 294 Å². The van der Waals surface area contributed by atoms with E-state index in [1.807, 2.05) is 55.7 Å². The average Bonchev–Trinajstić information content (AvgIpc) is 3.43. The molecule has 1 heterocycles. The molecule has 50 heavy (non-hydrogen) atoms. The van der Waals surface area contributed by atoms with Crippen LogP contribution in [0.5, 0.6) is 0 Å². The Balaban J connectivity index is 2.09. The molecule has 2 amide bonds. The number of carbonyl (C=O) groups is 4. The second-order valence-corrected chi connectivity index (χ2v) is 20.1. The number of alkyl carbamates (subject to hydrolysis) is 1. The Morgan fingerprint density at radius 3 is 2.26 bits per heavy atom. The lowest BCUT2D eigenvalue weighted by Gasteiger charge is -2.41. The zero-order chi connectivity index (χ0) is 37.2. The van der Waals surface area contributed by atoms with Gasteiger partial charge in [-0.25, -0.2) is 18.4 Å². The molecule has 0 saturated carbocycles. The summed E-state index contributed by atoms with van der Waals surface area (Å²) in [5.41, 5.74) is 1.25. The second kappa shape index (κ2) is 17.4. The van der Waals surface area contributed by atoms with E-state index in [-0.39, 0.29) is 25.1 Å². The number of benzene rings is 2. The molecule has 1 N–H and O–H groups in total. The molecule has 0 bridgehead atoms. The van der Waals surface area contributed by atoms with Gasteiger partial charge in [0.1, 0.15) is 17.7 Å². The first-order valence-corrected chi connectivity index (χ1v) is 20.2. The number of amides is 2. The van der Waals surface area contributed by atoms with Crippen molar-refractivity contribution in [3.05, 3.63) is 83.7 Å². The van der Waals surface area contributed by atoms with Gasteiger partial charge < -0.3 is 29.0 Å². The van der Waals surface area contributed by atoms with Crippen LogP contribution in [0.25, 0.3) is 11.1 Å². The molecule has 0 spiro atoms. The summed E-state index contributed by atoms with van der Waals surface area (Å²) in [5, 5.41) is 2.57. The molecule has 0 radical (unpaired) electrons. The monoisotopic (exact) mass is 713 g/mol. The topological polar surface area (TPSA) is 116 Å². The molecule has 0 aliphatic rings. The Bertz CT molecular complexity index is 1630. The minimum Gasteiger partial charge on any atom is -0.467 e. The summed E-state index contributed by atoms with van der Waals surface area (Å²) in [6.45, 7) is 13.2. The van der Waals surface area contributed by atoms with Crippen molar-refractivity contribution in [1.29, 1.82) is 0 Å². The smallest absolute Gasteiger partial charge is 0.407 e. The molecule has 2 atom stereocenters. The minimum atomic E-state index is -1.49. The van der Waals surface area contributed by atoms with Crippen molar-refractivity contribution < 1.29 is 42.2 Å². The summed E-state index contributed by atoms with van der Waals surface area (Å²) in [6, 6.07) is 13.3. The maximum atomic E-state index is 15.1. The van der Waals surface area contributed by atoms with Crippen molar-refractivity contribution in [2.75, 3.05) is 26.9 Å². The van der Waals surface area contributed by atoms with Gasteiger partial charge in [-0.1, -0.05) is 51.1 Å². The zero-order valence-electron chi connectivity index (χ0n) is 30.2. The maximum Gasteiger partial charge on any atom is 0.407 e. The first kappa shape index (κ1) is 39.9. The number of hydrogen-bond donors (Lipinski definition) is 1. The number of hydrogen-bond acceptors (Lipinski definition) is 7. The fourth-order valence-electron chi connectivity index (χ4n) is 5.55. The van der Waals surface area contributed by atoms with Crippen molar-refractivity contribution in [3.8, 4) is 11.1 Å². The summed E-state index contributed by atoms with van der Waals surface area (Å²) >= 11 is 0. The standard InChI is InChI=1S/C37H49F2N3O7Si/c1-25(43)49-24-33(44)42(17-16-31(35(45)47-5)40-36(46)48-18-19-50(6,7)8)34(37(2,3)4)32-20-27(29-21-28(38)14-15-30(29)39)23-41(32)22-26-12-10-9-11-13-26/h9-15,20-21,23,31,34H,16-19,22,24H2,1-8H3,(H,40,46)/q-1/t31-,34-/m0/s1. The number of esters is 2. The molecule has 0 saturated heterocycles. The van der Waals surface area contributed by atoms with Gasteiger partial charge in [0.25, 0.3) is 5.91 Å². The second-order valence-electron chi connectivity index (χ2n) is 14.5. The van der Waals surface area contributed by atoms with E-state index in [9.17, 15) is 23.6 Å². The molecule has 0 aliphatic carbocycles. The summed E-state index contributed by atoms with van der Waals surface area (Å²) in [4.78, 5) is 52.8. The first-order chi connectivity index (χ1) is 23.4. The molecule has 0 fully saturated rings. The molecule has 13 heteroatoms. The van der Waals surface area contributed by atoms with Gasteiger partial charge in [0.15, 0.2) is 6.61 Å². The molecular formula is C37H49F2N3O7Si-. The summed E-state index contributed by atoms with van der Waals surface area (Å²) in [5.74, 6) is -3.18. The van der Waals surface area contributed by atoms with Gasteiger partial charge in [0, 0.05) is 43.0 Å². The molecule has 3 aromatic rings. The van der Waals surface area contributed by atoms with Crippen LogP contribution in [-0.4, -0.2) is 74.4 Å². The first-order valence-electron chi connectivity index (χ1n) is 16.5. The summed E-state index contributed by atoms with van der Waals surface area (Å²) in [7, 11) is -0.295. The minimum absolute atomic E-state index is 0.0473. The van der Waals surface area contributed by atoms with Crippen molar-refractivity contribution in [1.82, 2.24) is 14.8 Å². The Kier molecular flexibility index (Phi) is 13.9. The third-order valence-corrected chi connectivity index (χ3v) is 9.72. The zero-order valence-corrected chi connectivity index (χ0v) is 31.2. The van der Waals surface area contributed by atoms with Gasteiger partial charge in [-0.3, -0.25) is 9.59 Å². The quantitative estimate of drug-likeness (QED) is 0.103. The van der Waals surface area contributed by atoms with Crippen LogP contribution in [0.2, 0.25) is 25.7 Å². The molecule has 10 nitrogen and oxygen atoms in total. The number of nitrogens with one attached hydrogen (secondary N) is 1. The van der Waals surface area contributed by atoms with E-state index < -0.39 is 67.8 Å². The third-order valence-electron chi connectivity index (χ3n) is 8.02. The van der Waals surface area contributed by atoms with Crippen molar-refractivity contribution in [3.63, 3.8) is 0 Å². The van der Waals surface area contributed by atoms with Crippen molar-refractivity contribution in [2.24, 2.45) is 5.41 Å². The van der Waals surface area contributed by atoms with E-state index in [0.29, 0.717) is 17.8 Å². The van der Waals surface area contributed by atoms with Gasteiger partial charge in [0.2, 0.25) is 0 Å². The molecule has 0 unspecified atom stereocenters. The molecule has 0 aliphatic heterocycles. The van der Waals surface area contributed by atoms with E-state index in [0.717, 1.165) is 29.8 Å². The van der Waals surface area contributed by atoms with E-state index in [1.165, 1.54) is 18.9 Å². The van der Waals surface area contributed by atoms with Crippen LogP contribution in [0.4, 0.5) is 13.6 Å². The number of nitrogens with zero attached hydrogens (tertiary/aromatic N) is 2. The largest absolute Gasteiger partial charge is 0.467 e. The lowest BCUT2D eigenvalue weighted by Crippen LogP contribution is -2.48. The Morgan fingerprint density at radius 2 is 1.66 bits per heavy atom. The van der Waals surface area contributed by atoms with Gasteiger partial charge in [-0.05, 0) is 41.7 Å². The fraction of sp³-hybridized carbons (Fsp3) is 0.459. The summed E-state index contributed by atoms with van der Waals surface area (Å²) in [6.07, 6.45) is 0.851. The molecule has 3 rings (SSSR count). The third kappa shape index (κ3) is 11.8. The predicted octanol–water partition coefficient (Wildman–Crippen LogP) is 6.96. The number of halogens is 2. The van der Waals surface area contributed by atoms with Crippen molar-refractivity contribution >= 4 is 32.0 Å². The van der Waals surface area contributed by atoms with Gasteiger partial charge in [-0.15, -0.1) is 14.1 Å². The number of rotatable bonds is 15. The van der Waals surface area contributed by atoms with Crippen LogP contribution < -0.4 is 5.32 Å². The highest BCUT2D eigenvalue weighted by Gasteiger charge is 2.38. The van der Waals surface area contributed by atoms with Crippen LogP contribution in [-0.2, 0) is 35.1 Å². The van der Waals surface area contributed by atoms with E-state index in [4.69, 9.17) is 14.2 Å². The fourth-order valence-corrected chi connectivity index (χ4v) is 6.26. The summed E-state index contributed by atoms with van der Waals surface area (Å²) < 4.78 is 46.8. The van der Waals surface area contributed by atoms with Gasteiger partial charge in [0.05, 0.1) is 19.8 Å². The maximum absolute atomic E-state index is 15.1. The number of carbonyl (C=O) groups excluding carboxylic acids is 4. The molecule has 273 valence electrons. The number of aromatic nitrogens is 1. The van der Waals surface area contributed by atoms with Gasteiger partial charge in [-0.2, -0.15) is 19.6 Å². The molecule has 1 aromatic heterocycles. The van der Waals surface area contributed by atoms with Crippen molar-refractivity contribution in [2.45, 2.75) is 78.4 Å². The molecule has 2 aromatic carbocycles. The van der Waals surface area contributed by atoms with Gasteiger partial charge >= 0.3 is 18.0 Å². The van der Waals surface area contributed by atoms with Crippen LogP contribution in [0.1, 0.15) is 51.4 Å². The highest BCUT2D eigenvalue weighted by molar-refractivity contribution is 6.76. The highest BCUT2D eigenvalue weighted by atomic mass is 28.3. The normalized spacial score (nSPS) is 12.8.